The lowest BCUT2D eigenvalue weighted by Crippen LogP contribution is -2.38. The first-order chi connectivity index (χ1) is 12.2. The number of hydrogen-bond donors (Lipinski definition) is 2. The van der Waals surface area contributed by atoms with E-state index in [-0.39, 0.29) is 17.9 Å². The number of hydrogen-bond acceptors (Lipinski definition) is 2. The molecule has 1 aliphatic rings. The second kappa shape index (κ2) is 6.43. The molecule has 1 saturated heterocycles. The fraction of sp³-hybridized carbons (Fsp3) is 0.200. The first-order valence-corrected chi connectivity index (χ1v) is 8.40. The summed E-state index contributed by atoms with van der Waals surface area (Å²) in [5, 5.41) is 4.06. The van der Waals surface area contributed by atoms with E-state index < -0.39 is 0 Å². The van der Waals surface area contributed by atoms with Crippen LogP contribution in [0.4, 0.5) is 5.69 Å². The minimum atomic E-state index is -0.148. The van der Waals surface area contributed by atoms with E-state index in [2.05, 4.69) is 10.3 Å². The summed E-state index contributed by atoms with van der Waals surface area (Å²) in [7, 11) is 0. The van der Waals surface area contributed by atoms with E-state index in [4.69, 9.17) is 0 Å². The van der Waals surface area contributed by atoms with E-state index in [1.165, 1.54) is 0 Å². The first kappa shape index (κ1) is 15.4. The maximum atomic E-state index is 12.4. The molecule has 1 fully saturated rings. The van der Waals surface area contributed by atoms with Crippen LogP contribution in [0.2, 0.25) is 0 Å². The Morgan fingerprint density at radius 1 is 1.12 bits per heavy atom. The average molecular weight is 333 g/mol. The Kier molecular flexibility index (Phi) is 3.98. The summed E-state index contributed by atoms with van der Waals surface area (Å²) in [6.07, 6.45) is 2.52. The number of carbonyl (C=O) groups is 2. The van der Waals surface area contributed by atoms with Gasteiger partial charge in [0.1, 0.15) is 0 Å². The SMILES string of the molecule is O=C(Cc1c[nH]c2ccccc12)NC1CC(=O)N(c2ccccc2)C1. The zero-order valence-electron chi connectivity index (χ0n) is 13.7. The van der Waals surface area contributed by atoms with Gasteiger partial charge in [0.05, 0.1) is 12.5 Å². The Balaban J connectivity index is 1.41. The van der Waals surface area contributed by atoms with Gasteiger partial charge in [-0.1, -0.05) is 36.4 Å². The molecule has 0 spiro atoms. The molecule has 1 aromatic heterocycles. The molecule has 5 heteroatoms. The maximum Gasteiger partial charge on any atom is 0.229 e. The van der Waals surface area contributed by atoms with Crippen LogP contribution >= 0.6 is 0 Å². The normalized spacial score (nSPS) is 17.2. The lowest BCUT2D eigenvalue weighted by molar-refractivity contribution is -0.121. The Bertz CT molecular complexity index is 917. The predicted molar refractivity (Wildman–Crippen MR) is 97.3 cm³/mol. The van der Waals surface area contributed by atoms with Crippen molar-refractivity contribution in [3.63, 3.8) is 0 Å². The van der Waals surface area contributed by atoms with Gasteiger partial charge in [-0.05, 0) is 23.8 Å². The van der Waals surface area contributed by atoms with Gasteiger partial charge in [0.15, 0.2) is 0 Å². The molecular formula is C20H19N3O2. The summed E-state index contributed by atoms with van der Waals surface area (Å²) in [5.41, 5.74) is 2.87. The molecule has 2 heterocycles. The number of aromatic amines is 1. The van der Waals surface area contributed by atoms with Crippen LogP contribution in [0.1, 0.15) is 12.0 Å². The van der Waals surface area contributed by atoms with Crippen LogP contribution in [0.15, 0.2) is 60.8 Å². The quantitative estimate of drug-likeness (QED) is 0.771. The molecule has 4 rings (SSSR count). The Hall–Kier alpha value is -3.08. The van der Waals surface area contributed by atoms with Crippen molar-refractivity contribution < 1.29 is 9.59 Å². The summed E-state index contributed by atoms with van der Waals surface area (Å²) in [6, 6.07) is 17.3. The first-order valence-electron chi connectivity index (χ1n) is 8.40. The Morgan fingerprint density at radius 3 is 2.72 bits per heavy atom. The highest BCUT2D eigenvalue weighted by Gasteiger charge is 2.31. The van der Waals surface area contributed by atoms with E-state index in [9.17, 15) is 9.59 Å². The summed E-state index contributed by atoms with van der Waals surface area (Å²) in [4.78, 5) is 29.5. The smallest absolute Gasteiger partial charge is 0.229 e. The molecule has 1 unspecified atom stereocenters. The van der Waals surface area contributed by atoms with Crippen LogP contribution in [0, 0.1) is 0 Å². The third-order valence-corrected chi connectivity index (χ3v) is 4.58. The molecule has 0 aliphatic carbocycles. The molecule has 1 atom stereocenters. The third kappa shape index (κ3) is 3.13. The molecule has 126 valence electrons. The molecule has 1 aliphatic heterocycles. The van der Waals surface area contributed by atoms with E-state index >= 15 is 0 Å². The fourth-order valence-corrected chi connectivity index (χ4v) is 3.39. The number of rotatable bonds is 4. The van der Waals surface area contributed by atoms with Crippen molar-refractivity contribution >= 4 is 28.4 Å². The van der Waals surface area contributed by atoms with Crippen molar-refractivity contribution in [2.75, 3.05) is 11.4 Å². The third-order valence-electron chi connectivity index (χ3n) is 4.58. The topological polar surface area (TPSA) is 65.2 Å². The number of nitrogens with zero attached hydrogens (tertiary/aromatic N) is 1. The van der Waals surface area contributed by atoms with Gasteiger partial charge in [0.25, 0.3) is 0 Å². The zero-order valence-corrected chi connectivity index (χ0v) is 13.7. The lowest BCUT2D eigenvalue weighted by atomic mass is 10.1. The molecule has 2 aromatic carbocycles. The highest BCUT2D eigenvalue weighted by molar-refractivity contribution is 5.97. The number of carbonyl (C=O) groups excluding carboxylic acids is 2. The van der Waals surface area contributed by atoms with Crippen molar-refractivity contribution in [2.45, 2.75) is 18.9 Å². The van der Waals surface area contributed by atoms with Crippen LogP contribution in [-0.4, -0.2) is 29.4 Å². The minimum Gasteiger partial charge on any atom is -0.361 e. The fourth-order valence-electron chi connectivity index (χ4n) is 3.39. The number of aromatic nitrogens is 1. The second-order valence-corrected chi connectivity index (χ2v) is 6.34. The van der Waals surface area contributed by atoms with E-state index in [1.54, 1.807) is 4.90 Å². The highest BCUT2D eigenvalue weighted by Crippen LogP contribution is 2.22. The van der Waals surface area contributed by atoms with Gasteiger partial charge in [-0.2, -0.15) is 0 Å². The number of para-hydroxylation sites is 2. The Morgan fingerprint density at radius 2 is 1.88 bits per heavy atom. The molecule has 3 aromatic rings. The lowest BCUT2D eigenvalue weighted by Gasteiger charge is -2.17. The standard InChI is InChI=1S/C20H19N3O2/c24-19(10-14-12-21-18-9-5-4-8-17(14)18)22-15-11-20(25)23(13-15)16-6-2-1-3-7-16/h1-9,12,15,21H,10-11,13H2,(H,22,24). The molecule has 0 bridgehead atoms. The van der Waals surface area contributed by atoms with E-state index in [0.717, 1.165) is 22.2 Å². The molecule has 0 radical (unpaired) electrons. The summed E-state index contributed by atoms with van der Waals surface area (Å²) >= 11 is 0. The minimum absolute atomic E-state index is 0.0450. The predicted octanol–water partition coefficient (Wildman–Crippen LogP) is 2.63. The van der Waals surface area contributed by atoms with Gasteiger partial charge in [0.2, 0.25) is 11.8 Å². The van der Waals surface area contributed by atoms with Crippen molar-refractivity contribution in [1.82, 2.24) is 10.3 Å². The van der Waals surface area contributed by atoms with Crippen LogP contribution < -0.4 is 10.2 Å². The maximum absolute atomic E-state index is 12.4. The summed E-state index contributed by atoms with van der Waals surface area (Å²) in [6.45, 7) is 0.516. The monoisotopic (exact) mass is 333 g/mol. The van der Waals surface area contributed by atoms with Crippen molar-refractivity contribution in [2.24, 2.45) is 0 Å². The highest BCUT2D eigenvalue weighted by atomic mass is 16.2. The van der Waals surface area contributed by atoms with Crippen molar-refractivity contribution in [3.05, 3.63) is 66.4 Å². The summed E-state index contributed by atoms with van der Waals surface area (Å²) < 4.78 is 0. The van der Waals surface area contributed by atoms with Crippen LogP contribution in [0.25, 0.3) is 10.9 Å². The van der Waals surface area contributed by atoms with Gasteiger partial charge < -0.3 is 15.2 Å². The van der Waals surface area contributed by atoms with E-state index in [1.807, 2.05) is 60.8 Å². The molecule has 0 saturated carbocycles. The molecule has 25 heavy (non-hydrogen) atoms. The van der Waals surface area contributed by atoms with Gasteiger partial charge in [-0.25, -0.2) is 0 Å². The number of amides is 2. The molecule has 2 N–H and O–H groups in total. The number of benzene rings is 2. The number of fused-ring (bicyclic) bond motifs is 1. The van der Waals surface area contributed by atoms with Gasteiger partial charge in [-0.15, -0.1) is 0 Å². The van der Waals surface area contributed by atoms with Crippen LogP contribution in [0.3, 0.4) is 0 Å². The van der Waals surface area contributed by atoms with Gasteiger partial charge in [0, 0.05) is 35.8 Å². The largest absolute Gasteiger partial charge is 0.361 e. The summed E-state index contributed by atoms with van der Waals surface area (Å²) in [5.74, 6) is -0.0129. The molecule has 5 nitrogen and oxygen atoms in total. The molecule has 2 amide bonds. The van der Waals surface area contributed by atoms with Gasteiger partial charge >= 0.3 is 0 Å². The molecular weight excluding hydrogens is 314 g/mol. The number of H-pyrrole nitrogens is 1. The number of nitrogens with one attached hydrogen (secondary N) is 2. The van der Waals surface area contributed by atoms with Crippen LogP contribution in [0.5, 0.6) is 0 Å². The average Bonchev–Trinajstić information content (AvgIpc) is 3.19. The van der Waals surface area contributed by atoms with Crippen LogP contribution in [-0.2, 0) is 16.0 Å². The second-order valence-electron chi connectivity index (χ2n) is 6.34. The van der Waals surface area contributed by atoms with Gasteiger partial charge in [-0.3, -0.25) is 9.59 Å². The number of anilines is 1. The van der Waals surface area contributed by atoms with E-state index in [0.29, 0.717) is 19.4 Å². The van der Waals surface area contributed by atoms with Crippen molar-refractivity contribution in [1.29, 1.82) is 0 Å². The Labute approximate surface area is 145 Å². The zero-order chi connectivity index (χ0) is 17.2. The van der Waals surface area contributed by atoms with Crippen molar-refractivity contribution in [3.8, 4) is 0 Å².